The molecule has 3 aliphatic rings. The van der Waals surface area contributed by atoms with E-state index < -0.39 is 0 Å². The molecule has 0 atom stereocenters. The Morgan fingerprint density at radius 1 is 0.970 bits per heavy atom. The molecule has 0 bridgehead atoms. The predicted octanol–water partition coefficient (Wildman–Crippen LogP) is 5.00. The SMILES string of the molecule is Cc1ccccc1/C=C1\Oc2c(cc3c(c2C)OCN(Cc2ccc4c(c2)OCO4)C3)C1=O. The molecule has 33 heavy (non-hydrogen) atoms. The summed E-state index contributed by atoms with van der Waals surface area (Å²) < 4.78 is 23.0. The van der Waals surface area contributed by atoms with Crippen LogP contribution in [0.15, 0.2) is 54.3 Å². The molecule has 0 spiro atoms. The number of ether oxygens (including phenoxy) is 4. The van der Waals surface area contributed by atoms with Gasteiger partial charge in [0.2, 0.25) is 12.6 Å². The fraction of sp³-hybridized carbons (Fsp3) is 0.222. The molecule has 0 amide bonds. The highest BCUT2D eigenvalue weighted by atomic mass is 16.7. The summed E-state index contributed by atoms with van der Waals surface area (Å²) in [4.78, 5) is 15.3. The van der Waals surface area contributed by atoms with Crippen LogP contribution in [0.2, 0.25) is 0 Å². The lowest BCUT2D eigenvalue weighted by Crippen LogP contribution is -2.32. The number of nitrogens with zero attached hydrogens (tertiary/aromatic N) is 1. The van der Waals surface area contributed by atoms with Gasteiger partial charge in [0, 0.05) is 24.2 Å². The van der Waals surface area contributed by atoms with Gasteiger partial charge in [-0.25, -0.2) is 0 Å². The molecule has 166 valence electrons. The zero-order chi connectivity index (χ0) is 22.5. The van der Waals surface area contributed by atoms with Crippen molar-refractivity contribution >= 4 is 11.9 Å². The molecule has 3 aliphatic heterocycles. The molecule has 0 aliphatic carbocycles. The lowest BCUT2D eigenvalue weighted by atomic mass is 9.99. The van der Waals surface area contributed by atoms with Crippen LogP contribution in [0.1, 0.15) is 38.2 Å². The molecule has 0 fully saturated rings. The highest BCUT2D eigenvalue weighted by molar-refractivity contribution is 6.15. The van der Waals surface area contributed by atoms with Gasteiger partial charge in [0.05, 0.1) is 5.56 Å². The number of hydrogen-bond acceptors (Lipinski definition) is 6. The Kier molecular flexibility index (Phi) is 4.62. The number of ketones is 1. The van der Waals surface area contributed by atoms with E-state index >= 15 is 0 Å². The van der Waals surface area contributed by atoms with Gasteiger partial charge in [-0.2, -0.15) is 0 Å². The molecule has 0 unspecified atom stereocenters. The van der Waals surface area contributed by atoms with Gasteiger partial charge in [-0.1, -0.05) is 30.3 Å². The van der Waals surface area contributed by atoms with Crippen molar-refractivity contribution in [1.82, 2.24) is 4.90 Å². The minimum absolute atomic E-state index is 0.0907. The van der Waals surface area contributed by atoms with Crippen molar-refractivity contribution in [1.29, 1.82) is 0 Å². The molecule has 0 radical (unpaired) electrons. The quantitative estimate of drug-likeness (QED) is 0.533. The van der Waals surface area contributed by atoms with Gasteiger partial charge in [-0.3, -0.25) is 9.69 Å². The summed E-state index contributed by atoms with van der Waals surface area (Å²) in [7, 11) is 0. The van der Waals surface area contributed by atoms with Gasteiger partial charge in [0.15, 0.2) is 17.3 Å². The van der Waals surface area contributed by atoms with E-state index in [4.69, 9.17) is 18.9 Å². The Morgan fingerprint density at radius 3 is 2.70 bits per heavy atom. The molecule has 3 aromatic rings. The number of rotatable bonds is 3. The number of Topliss-reactive ketones (excluding diaryl/α,β-unsaturated/α-hetero) is 1. The van der Waals surface area contributed by atoms with Gasteiger partial charge in [-0.15, -0.1) is 0 Å². The molecule has 6 rings (SSSR count). The van der Waals surface area contributed by atoms with Crippen molar-refractivity contribution in [3.63, 3.8) is 0 Å². The molecule has 0 saturated carbocycles. The molecule has 0 saturated heterocycles. The molecular formula is C27H23NO5. The third kappa shape index (κ3) is 3.43. The van der Waals surface area contributed by atoms with Crippen molar-refractivity contribution in [2.75, 3.05) is 13.5 Å². The normalized spacial score (nSPS) is 17.5. The lowest BCUT2D eigenvalue weighted by molar-refractivity contribution is 0.0876. The van der Waals surface area contributed by atoms with Crippen molar-refractivity contribution in [2.24, 2.45) is 0 Å². The zero-order valence-corrected chi connectivity index (χ0v) is 18.5. The standard InChI is InChI=1S/C27H23NO5/c1-16-5-3-4-6-19(16)11-24-25(29)21-10-20-13-28(14-30-26(20)17(2)27(21)33-24)12-18-7-8-22-23(9-18)32-15-31-22/h3-11H,12-15H2,1-2H3/b24-11-. The van der Waals surface area contributed by atoms with Gasteiger partial charge in [0.1, 0.15) is 18.2 Å². The monoisotopic (exact) mass is 441 g/mol. The third-order valence-electron chi connectivity index (χ3n) is 6.32. The van der Waals surface area contributed by atoms with Crippen LogP contribution in [0.25, 0.3) is 6.08 Å². The topological polar surface area (TPSA) is 57.2 Å². The van der Waals surface area contributed by atoms with Crippen LogP contribution < -0.4 is 18.9 Å². The first-order chi connectivity index (χ1) is 16.1. The zero-order valence-electron chi connectivity index (χ0n) is 18.5. The molecule has 3 aromatic carbocycles. The number of hydrogen-bond donors (Lipinski definition) is 0. The third-order valence-corrected chi connectivity index (χ3v) is 6.32. The number of aryl methyl sites for hydroxylation is 1. The average Bonchev–Trinajstić information content (AvgIpc) is 3.40. The highest BCUT2D eigenvalue weighted by Gasteiger charge is 2.33. The molecule has 0 aromatic heterocycles. The average molecular weight is 441 g/mol. The van der Waals surface area contributed by atoms with Crippen LogP contribution in [0, 0.1) is 13.8 Å². The number of benzene rings is 3. The van der Waals surface area contributed by atoms with E-state index in [1.165, 1.54) is 0 Å². The number of fused-ring (bicyclic) bond motifs is 3. The minimum Gasteiger partial charge on any atom is -0.477 e. The highest BCUT2D eigenvalue weighted by Crippen LogP contribution is 2.43. The summed E-state index contributed by atoms with van der Waals surface area (Å²) in [6.45, 7) is 6.08. The summed E-state index contributed by atoms with van der Waals surface area (Å²) in [5, 5.41) is 0. The van der Waals surface area contributed by atoms with E-state index in [-0.39, 0.29) is 12.6 Å². The van der Waals surface area contributed by atoms with Gasteiger partial charge in [0.25, 0.3) is 0 Å². The minimum atomic E-state index is -0.0907. The maximum absolute atomic E-state index is 13.2. The van der Waals surface area contributed by atoms with E-state index in [0.717, 1.165) is 45.1 Å². The summed E-state index contributed by atoms with van der Waals surface area (Å²) in [6, 6.07) is 15.8. The van der Waals surface area contributed by atoms with Gasteiger partial charge >= 0.3 is 0 Å². The Hall–Kier alpha value is -3.77. The number of allylic oxidation sites excluding steroid dienone is 1. The maximum Gasteiger partial charge on any atom is 0.231 e. The summed E-state index contributed by atoms with van der Waals surface area (Å²) in [5.41, 5.74) is 5.64. The van der Waals surface area contributed by atoms with Gasteiger partial charge in [-0.05, 0) is 54.8 Å². The van der Waals surface area contributed by atoms with E-state index in [9.17, 15) is 4.79 Å². The van der Waals surface area contributed by atoms with Crippen LogP contribution in [0.3, 0.4) is 0 Å². The Balaban J connectivity index is 1.26. The van der Waals surface area contributed by atoms with Gasteiger partial charge < -0.3 is 18.9 Å². The number of carbonyl (C=O) groups is 1. The predicted molar refractivity (Wildman–Crippen MR) is 123 cm³/mol. The summed E-state index contributed by atoms with van der Waals surface area (Å²) in [5.74, 6) is 3.21. The number of carbonyl (C=O) groups excluding carboxylic acids is 1. The van der Waals surface area contributed by atoms with Crippen LogP contribution in [0.5, 0.6) is 23.0 Å². The lowest BCUT2D eigenvalue weighted by Gasteiger charge is -2.30. The fourth-order valence-corrected chi connectivity index (χ4v) is 4.59. The van der Waals surface area contributed by atoms with E-state index in [0.29, 0.717) is 36.9 Å². The van der Waals surface area contributed by atoms with Crippen molar-refractivity contribution in [3.05, 3.63) is 87.7 Å². The Morgan fingerprint density at radius 2 is 1.82 bits per heavy atom. The van der Waals surface area contributed by atoms with E-state index in [1.54, 1.807) is 0 Å². The van der Waals surface area contributed by atoms with E-state index in [2.05, 4.69) is 4.90 Å². The second kappa shape index (κ2) is 7.67. The molecule has 0 N–H and O–H groups in total. The maximum atomic E-state index is 13.2. The van der Waals surface area contributed by atoms with Crippen LogP contribution in [-0.4, -0.2) is 24.2 Å². The first-order valence-corrected chi connectivity index (χ1v) is 11.0. The van der Waals surface area contributed by atoms with Crippen molar-refractivity contribution in [3.8, 4) is 23.0 Å². The van der Waals surface area contributed by atoms with E-state index in [1.807, 2.05) is 68.5 Å². The van der Waals surface area contributed by atoms with Crippen LogP contribution in [-0.2, 0) is 13.1 Å². The Labute approximate surface area is 191 Å². The molecule has 6 heteroatoms. The van der Waals surface area contributed by atoms with Crippen molar-refractivity contribution in [2.45, 2.75) is 26.9 Å². The van der Waals surface area contributed by atoms with Crippen LogP contribution in [0.4, 0.5) is 0 Å². The smallest absolute Gasteiger partial charge is 0.231 e. The fourth-order valence-electron chi connectivity index (χ4n) is 4.59. The summed E-state index contributed by atoms with van der Waals surface area (Å²) >= 11 is 0. The first kappa shape index (κ1) is 19.9. The summed E-state index contributed by atoms with van der Waals surface area (Å²) in [6.07, 6.45) is 1.82. The largest absolute Gasteiger partial charge is 0.477 e. The first-order valence-electron chi connectivity index (χ1n) is 11.0. The molecular weight excluding hydrogens is 418 g/mol. The molecule has 3 heterocycles. The molecule has 6 nitrogen and oxygen atoms in total. The second-order valence-electron chi connectivity index (χ2n) is 8.61. The van der Waals surface area contributed by atoms with Crippen molar-refractivity contribution < 1.29 is 23.7 Å². The second-order valence-corrected chi connectivity index (χ2v) is 8.61. The Bertz CT molecular complexity index is 1330. The van der Waals surface area contributed by atoms with Crippen LogP contribution >= 0.6 is 0 Å².